The summed E-state index contributed by atoms with van der Waals surface area (Å²) in [4.78, 5) is 0. The molecule has 18 heavy (non-hydrogen) atoms. The van der Waals surface area contributed by atoms with Gasteiger partial charge in [0.2, 0.25) is 0 Å². The van der Waals surface area contributed by atoms with E-state index in [1.807, 2.05) is 0 Å². The normalized spacial score (nSPS) is 31.9. The van der Waals surface area contributed by atoms with Crippen LogP contribution in [-0.4, -0.2) is 6.04 Å². The van der Waals surface area contributed by atoms with Crippen LogP contribution in [0.2, 0.25) is 0 Å². The van der Waals surface area contributed by atoms with Gasteiger partial charge in [-0.05, 0) is 49.1 Å². The summed E-state index contributed by atoms with van der Waals surface area (Å²) in [6.07, 6.45) is 9.56. The molecule has 0 saturated heterocycles. The highest BCUT2D eigenvalue weighted by atomic mass is 15.0. The number of fused-ring (bicyclic) bond motifs is 1. The quantitative estimate of drug-likeness (QED) is 0.766. The van der Waals surface area contributed by atoms with E-state index in [-0.39, 0.29) is 0 Å². The summed E-state index contributed by atoms with van der Waals surface area (Å²) in [5.74, 6) is 0.938. The van der Waals surface area contributed by atoms with E-state index in [0.29, 0.717) is 6.04 Å². The van der Waals surface area contributed by atoms with E-state index in [4.69, 9.17) is 0 Å². The largest absolute Gasteiger partial charge is 0.307 e. The van der Waals surface area contributed by atoms with E-state index in [2.05, 4.69) is 36.5 Å². The molecule has 0 heterocycles. The van der Waals surface area contributed by atoms with Crippen LogP contribution in [0.15, 0.2) is 24.3 Å². The minimum atomic E-state index is 0.625. The first-order valence-electron chi connectivity index (χ1n) is 7.67. The Bertz CT molecular complexity index is 398. The summed E-state index contributed by atoms with van der Waals surface area (Å²) >= 11 is 0. The molecule has 0 bridgehead atoms. The Morgan fingerprint density at radius 3 is 2.83 bits per heavy atom. The molecule has 0 aromatic heterocycles. The lowest BCUT2D eigenvalue weighted by Crippen LogP contribution is -2.31. The van der Waals surface area contributed by atoms with Crippen LogP contribution in [0.3, 0.4) is 0 Å². The molecular weight excluding hydrogens is 218 g/mol. The smallest absolute Gasteiger partial charge is 0.0328 e. The van der Waals surface area contributed by atoms with Crippen LogP contribution in [0.4, 0.5) is 0 Å². The zero-order valence-electron chi connectivity index (χ0n) is 11.5. The zero-order chi connectivity index (χ0) is 12.4. The molecule has 1 aromatic rings. The van der Waals surface area contributed by atoms with E-state index >= 15 is 0 Å². The molecule has 0 radical (unpaired) electrons. The second-order valence-corrected chi connectivity index (χ2v) is 6.27. The number of benzene rings is 1. The highest BCUT2D eigenvalue weighted by molar-refractivity contribution is 5.34. The van der Waals surface area contributed by atoms with Gasteiger partial charge < -0.3 is 5.32 Å². The number of hydrogen-bond donors (Lipinski definition) is 1. The molecule has 2 aliphatic carbocycles. The van der Waals surface area contributed by atoms with Gasteiger partial charge in [0.25, 0.3) is 0 Å². The molecular formula is C17H25N. The van der Waals surface area contributed by atoms with Crippen molar-refractivity contribution < 1.29 is 0 Å². The minimum absolute atomic E-state index is 0.625. The Hall–Kier alpha value is -0.820. The Balaban J connectivity index is 1.64. The van der Waals surface area contributed by atoms with Crippen LogP contribution in [0.5, 0.6) is 0 Å². The van der Waals surface area contributed by atoms with Crippen molar-refractivity contribution in [1.29, 1.82) is 0 Å². The molecule has 3 unspecified atom stereocenters. The molecule has 3 rings (SSSR count). The predicted molar refractivity (Wildman–Crippen MR) is 76.7 cm³/mol. The Labute approximate surface area is 111 Å². The van der Waals surface area contributed by atoms with Crippen molar-refractivity contribution in [1.82, 2.24) is 5.32 Å². The number of hydrogen-bond acceptors (Lipinski definition) is 1. The van der Waals surface area contributed by atoms with Gasteiger partial charge in [-0.15, -0.1) is 0 Å². The topological polar surface area (TPSA) is 12.0 Å². The average molecular weight is 243 g/mol. The van der Waals surface area contributed by atoms with Gasteiger partial charge in [-0.2, -0.15) is 0 Å². The lowest BCUT2D eigenvalue weighted by Gasteiger charge is -2.22. The van der Waals surface area contributed by atoms with Crippen LogP contribution in [0.25, 0.3) is 0 Å². The molecule has 0 aliphatic heterocycles. The van der Waals surface area contributed by atoms with Crippen LogP contribution in [0.1, 0.15) is 62.6 Å². The number of aryl methyl sites for hydroxylation is 1. The molecule has 1 fully saturated rings. The van der Waals surface area contributed by atoms with Gasteiger partial charge in [0.1, 0.15) is 0 Å². The Morgan fingerprint density at radius 1 is 1.00 bits per heavy atom. The molecule has 0 amide bonds. The lowest BCUT2D eigenvalue weighted by atomic mass is 10.0. The second kappa shape index (κ2) is 5.44. The van der Waals surface area contributed by atoms with Crippen molar-refractivity contribution in [3.63, 3.8) is 0 Å². The fraction of sp³-hybridized carbons (Fsp3) is 0.647. The third-order valence-electron chi connectivity index (χ3n) is 4.83. The maximum atomic E-state index is 3.93. The molecule has 2 aliphatic rings. The maximum absolute atomic E-state index is 3.93. The monoisotopic (exact) mass is 243 g/mol. The summed E-state index contributed by atoms with van der Waals surface area (Å²) in [6.45, 7) is 2.41. The highest BCUT2D eigenvalue weighted by Crippen LogP contribution is 2.32. The lowest BCUT2D eigenvalue weighted by molar-refractivity contribution is 0.392. The third-order valence-corrected chi connectivity index (χ3v) is 4.83. The molecule has 1 heteroatoms. The van der Waals surface area contributed by atoms with Gasteiger partial charge in [-0.3, -0.25) is 0 Å². The van der Waals surface area contributed by atoms with Crippen molar-refractivity contribution in [2.45, 2.75) is 64.0 Å². The van der Waals surface area contributed by atoms with Gasteiger partial charge in [0.15, 0.2) is 0 Å². The van der Waals surface area contributed by atoms with Gasteiger partial charge in [0, 0.05) is 12.1 Å². The van der Waals surface area contributed by atoms with Gasteiger partial charge in [-0.25, -0.2) is 0 Å². The van der Waals surface area contributed by atoms with E-state index in [1.165, 1.54) is 44.9 Å². The fourth-order valence-electron chi connectivity index (χ4n) is 3.67. The Morgan fingerprint density at radius 2 is 1.89 bits per heavy atom. The van der Waals surface area contributed by atoms with Crippen molar-refractivity contribution in [2.24, 2.45) is 5.92 Å². The molecule has 0 spiro atoms. The van der Waals surface area contributed by atoms with Crippen molar-refractivity contribution in [2.75, 3.05) is 0 Å². The molecule has 1 aromatic carbocycles. The van der Waals surface area contributed by atoms with E-state index in [1.54, 1.807) is 11.1 Å². The van der Waals surface area contributed by atoms with Gasteiger partial charge in [0.05, 0.1) is 0 Å². The highest BCUT2D eigenvalue weighted by Gasteiger charge is 2.25. The summed E-state index contributed by atoms with van der Waals surface area (Å²) < 4.78 is 0. The maximum Gasteiger partial charge on any atom is 0.0328 e. The fourth-order valence-corrected chi connectivity index (χ4v) is 3.67. The predicted octanol–water partition coefficient (Wildman–Crippen LogP) is 4.23. The standard InChI is InChI=1S/C17H25N/c1-13-5-4-7-15(11-9-13)18-17-12-10-14-6-2-3-8-16(14)17/h2-3,6,8,13,15,17-18H,4-5,7,9-12H2,1H3. The van der Waals surface area contributed by atoms with Crippen molar-refractivity contribution in [3.05, 3.63) is 35.4 Å². The van der Waals surface area contributed by atoms with Crippen LogP contribution >= 0.6 is 0 Å². The van der Waals surface area contributed by atoms with Crippen molar-refractivity contribution >= 4 is 0 Å². The SMILES string of the molecule is CC1CCCC(NC2CCc3ccccc32)CC1. The molecule has 3 atom stereocenters. The first-order valence-corrected chi connectivity index (χ1v) is 7.67. The van der Waals surface area contributed by atoms with Crippen molar-refractivity contribution in [3.8, 4) is 0 Å². The summed E-state index contributed by atoms with van der Waals surface area (Å²) in [5, 5.41) is 3.93. The van der Waals surface area contributed by atoms with E-state index in [0.717, 1.165) is 12.0 Å². The number of rotatable bonds is 2. The van der Waals surface area contributed by atoms with Crippen LogP contribution < -0.4 is 5.32 Å². The molecule has 1 saturated carbocycles. The van der Waals surface area contributed by atoms with Crippen LogP contribution in [0, 0.1) is 5.92 Å². The summed E-state index contributed by atoms with van der Waals surface area (Å²) in [7, 11) is 0. The first kappa shape index (κ1) is 12.2. The summed E-state index contributed by atoms with van der Waals surface area (Å²) in [5.41, 5.74) is 3.13. The molecule has 1 N–H and O–H groups in total. The van der Waals surface area contributed by atoms with Gasteiger partial charge in [-0.1, -0.05) is 44.0 Å². The minimum Gasteiger partial charge on any atom is -0.307 e. The molecule has 1 nitrogen and oxygen atoms in total. The number of nitrogens with one attached hydrogen (secondary N) is 1. The van der Waals surface area contributed by atoms with E-state index < -0.39 is 0 Å². The molecule has 98 valence electrons. The summed E-state index contributed by atoms with van der Waals surface area (Å²) in [6, 6.07) is 10.4. The van der Waals surface area contributed by atoms with Crippen LogP contribution in [-0.2, 0) is 6.42 Å². The van der Waals surface area contributed by atoms with E-state index in [9.17, 15) is 0 Å². The Kier molecular flexibility index (Phi) is 3.69. The second-order valence-electron chi connectivity index (χ2n) is 6.27. The third kappa shape index (κ3) is 2.61. The average Bonchev–Trinajstić information content (AvgIpc) is 2.67. The first-order chi connectivity index (χ1) is 8.83. The van der Waals surface area contributed by atoms with Gasteiger partial charge >= 0.3 is 0 Å². The zero-order valence-corrected chi connectivity index (χ0v) is 11.5.